The Labute approximate surface area is 237 Å². The number of amidine groups is 1. The summed E-state index contributed by atoms with van der Waals surface area (Å²) in [5, 5.41) is 11.6. The number of alkyl halides is 3. The smallest absolute Gasteiger partial charge is 0.475 e. The number of rotatable bonds is 3. The van der Waals surface area contributed by atoms with Gasteiger partial charge in [-0.1, -0.05) is 29.6 Å². The summed E-state index contributed by atoms with van der Waals surface area (Å²) in [4.78, 5) is 21.9. The summed E-state index contributed by atoms with van der Waals surface area (Å²) in [7, 11) is -1.20. The van der Waals surface area contributed by atoms with Crippen LogP contribution in [-0.2, 0) is 20.1 Å². The third-order valence-corrected chi connectivity index (χ3v) is 10.6. The minimum absolute atomic E-state index is 0.0951. The van der Waals surface area contributed by atoms with Gasteiger partial charge in [0.05, 0.1) is 20.5 Å². The maximum atomic E-state index is 15.2. The molecule has 1 spiro atoms. The van der Waals surface area contributed by atoms with Gasteiger partial charge >= 0.3 is 12.1 Å². The van der Waals surface area contributed by atoms with Crippen molar-refractivity contribution in [2.45, 2.75) is 49.1 Å². The second kappa shape index (κ2) is 11.0. The van der Waals surface area contributed by atoms with E-state index in [9.17, 15) is 17.4 Å². The number of aliphatic carboxylic acids is 1. The number of carbonyl (C=O) groups is 1. The minimum Gasteiger partial charge on any atom is -0.475 e. The van der Waals surface area contributed by atoms with Crippen LogP contribution >= 0.6 is 11.6 Å². The molecule has 2 atom stereocenters. The van der Waals surface area contributed by atoms with E-state index in [-0.39, 0.29) is 11.3 Å². The van der Waals surface area contributed by atoms with Crippen LogP contribution in [0.4, 0.5) is 17.6 Å². The van der Waals surface area contributed by atoms with Crippen molar-refractivity contribution in [2.75, 3.05) is 12.8 Å². The van der Waals surface area contributed by atoms with E-state index in [0.29, 0.717) is 46.5 Å². The number of hydrogen-bond acceptors (Lipinski definition) is 9. The summed E-state index contributed by atoms with van der Waals surface area (Å²) in [6, 6.07) is 6.24. The van der Waals surface area contributed by atoms with Crippen LogP contribution in [-0.4, -0.2) is 60.0 Å². The van der Waals surface area contributed by atoms with Gasteiger partial charge < -0.3 is 15.4 Å². The van der Waals surface area contributed by atoms with E-state index >= 15 is 4.39 Å². The Hall–Kier alpha value is -3.59. The predicted octanol–water partition coefficient (Wildman–Crippen LogP) is 5.22. The summed E-state index contributed by atoms with van der Waals surface area (Å²) in [5.41, 5.74) is 6.59. The fourth-order valence-corrected chi connectivity index (χ4v) is 8.17. The van der Waals surface area contributed by atoms with Crippen LogP contribution < -0.4 is 5.73 Å². The second-order valence-corrected chi connectivity index (χ2v) is 12.9. The predicted molar refractivity (Wildman–Crippen MR) is 143 cm³/mol. The van der Waals surface area contributed by atoms with Crippen molar-refractivity contribution < 1.29 is 36.2 Å². The fourth-order valence-electron chi connectivity index (χ4n) is 5.03. The molecule has 0 radical (unpaired) electrons. The summed E-state index contributed by atoms with van der Waals surface area (Å²) < 4.78 is 70.1. The molecule has 3 heterocycles. The third-order valence-electron chi connectivity index (χ3n) is 7.06. The first-order valence-electron chi connectivity index (χ1n) is 12.2. The Morgan fingerprint density at radius 3 is 2.37 bits per heavy atom. The van der Waals surface area contributed by atoms with Gasteiger partial charge in [-0.3, -0.25) is 4.99 Å². The van der Waals surface area contributed by atoms with Crippen molar-refractivity contribution >= 4 is 33.1 Å². The van der Waals surface area contributed by atoms with Gasteiger partial charge in [0.2, 0.25) is 0 Å². The van der Waals surface area contributed by atoms with Crippen molar-refractivity contribution in [2.24, 2.45) is 15.1 Å². The molecule has 2 aliphatic rings. The van der Waals surface area contributed by atoms with E-state index in [0.717, 1.165) is 12.8 Å². The van der Waals surface area contributed by atoms with Crippen LogP contribution in [0.25, 0.3) is 22.8 Å². The maximum Gasteiger partial charge on any atom is 0.490 e. The molecular formula is C25H25ClF4N6O4S. The molecule has 1 aliphatic heterocycles. The SMILES string of the molecule is CN=[S@@]1(=O)C[C@@](C)(c2cc(-c3cc(-c4ncc(Cl)cn4)no3)ccc2F)N=C(N)C12CCCC2.O=C(O)C(F)(F)F. The Morgan fingerprint density at radius 2 is 1.80 bits per heavy atom. The lowest BCUT2D eigenvalue weighted by Crippen LogP contribution is -2.56. The van der Waals surface area contributed by atoms with E-state index in [4.69, 9.17) is 36.8 Å². The van der Waals surface area contributed by atoms with Crippen molar-refractivity contribution in [1.29, 1.82) is 0 Å². The molecule has 2 aromatic heterocycles. The molecule has 0 bridgehead atoms. The van der Waals surface area contributed by atoms with Gasteiger partial charge in [-0.25, -0.2) is 27.7 Å². The lowest BCUT2D eigenvalue weighted by atomic mass is 9.91. The summed E-state index contributed by atoms with van der Waals surface area (Å²) >= 11 is 5.85. The van der Waals surface area contributed by atoms with Crippen molar-refractivity contribution in [1.82, 2.24) is 15.1 Å². The lowest BCUT2D eigenvalue weighted by molar-refractivity contribution is -0.192. The molecule has 3 N–H and O–H groups in total. The molecule has 0 amide bonds. The van der Waals surface area contributed by atoms with Gasteiger partial charge in [-0.15, -0.1) is 0 Å². The van der Waals surface area contributed by atoms with Gasteiger partial charge in [0.15, 0.2) is 17.3 Å². The Kier molecular flexibility index (Phi) is 8.15. The molecule has 10 nitrogen and oxygen atoms in total. The highest BCUT2D eigenvalue weighted by Crippen LogP contribution is 2.46. The van der Waals surface area contributed by atoms with Crippen LogP contribution in [0.3, 0.4) is 0 Å². The molecule has 16 heteroatoms. The second-order valence-electron chi connectivity index (χ2n) is 9.74. The number of carboxylic acids is 1. The molecule has 1 fully saturated rings. The van der Waals surface area contributed by atoms with E-state index in [1.165, 1.54) is 18.5 Å². The first kappa shape index (κ1) is 30.4. The lowest BCUT2D eigenvalue weighted by Gasteiger charge is -2.42. The van der Waals surface area contributed by atoms with E-state index in [1.54, 1.807) is 32.2 Å². The first-order valence-corrected chi connectivity index (χ1v) is 14.2. The van der Waals surface area contributed by atoms with Gasteiger partial charge in [-0.05, 0) is 38.0 Å². The standard InChI is InChI=1S/C23H24ClFN6O2S.C2HF3O2/c1-22(13-34(32,27-2)23(21(26)30-22)7-3-4-8-23)16-9-14(5-6-17(16)25)19-10-18(31-33-19)20-28-11-15(24)12-29-20;3-2(4,5)1(6)7/h5-6,9-12H,3-4,7-8,13H2,1-2H3,(H2,26,30);(H,6,7)/t22-,34+;/m0./s1. The zero-order valence-corrected chi connectivity index (χ0v) is 23.4. The number of halogens is 5. The van der Waals surface area contributed by atoms with Crippen LogP contribution in [0.15, 0.2) is 50.5 Å². The van der Waals surface area contributed by atoms with Crippen LogP contribution in [0.5, 0.6) is 0 Å². The Morgan fingerprint density at radius 1 is 1.20 bits per heavy atom. The maximum absolute atomic E-state index is 15.2. The summed E-state index contributed by atoms with van der Waals surface area (Å²) in [6.45, 7) is 1.75. The van der Waals surface area contributed by atoms with E-state index in [2.05, 4.69) is 19.5 Å². The number of aromatic nitrogens is 3. The highest BCUT2D eigenvalue weighted by Gasteiger charge is 2.54. The number of aliphatic imine (C=N–C) groups is 1. The summed E-state index contributed by atoms with van der Waals surface area (Å²) in [5.74, 6) is -2.07. The average molecular weight is 617 g/mol. The number of hydrogen-bond donors (Lipinski definition) is 2. The molecule has 1 aromatic carbocycles. The highest BCUT2D eigenvalue weighted by atomic mass is 35.5. The van der Waals surface area contributed by atoms with E-state index in [1.807, 2.05) is 0 Å². The Balaban J connectivity index is 0.000000493. The average Bonchev–Trinajstić information content (AvgIpc) is 3.60. The van der Waals surface area contributed by atoms with Gasteiger partial charge in [0, 0.05) is 36.6 Å². The number of nitrogens with two attached hydrogens (primary N) is 1. The van der Waals surface area contributed by atoms with Crippen molar-refractivity contribution in [3.63, 3.8) is 0 Å². The Bertz CT molecular complexity index is 1610. The number of benzene rings is 1. The molecule has 5 rings (SSSR count). The molecule has 1 aliphatic carbocycles. The largest absolute Gasteiger partial charge is 0.490 e. The molecule has 1 saturated carbocycles. The molecule has 41 heavy (non-hydrogen) atoms. The molecule has 0 saturated heterocycles. The monoisotopic (exact) mass is 616 g/mol. The number of carboxylic acid groups (broad SMARTS) is 1. The quantitative estimate of drug-likeness (QED) is 0.379. The van der Waals surface area contributed by atoms with E-state index < -0.39 is 38.0 Å². The molecular weight excluding hydrogens is 592 g/mol. The van der Waals surface area contributed by atoms with Gasteiger partial charge in [0.1, 0.15) is 21.9 Å². The number of nitrogens with zero attached hydrogens (tertiary/aromatic N) is 5. The zero-order chi connectivity index (χ0) is 30.2. The molecule has 0 unspecified atom stereocenters. The minimum atomic E-state index is -5.08. The van der Waals surface area contributed by atoms with Gasteiger partial charge in [-0.2, -0.15) is 13.2 Å². The fraction of sp³-hybridized carbons (Fsp3) is 0.400. The topological polar surface area (TPSA) is 157 Å². The normalized spacial score (nSPS) is 23.4. The summed E-state index contributed by atoms with van der Waals surface area (Å²) in [6.07, 6.45) is 1.07. The van der Waals surface area contributed by atoms with Gasteiger partial charge in [0.25, 0.3) is 0 Å². The van der Waals surface area contributed by atoms with Crippen molar-refractivity contribution in [3.8, 4) is 22.8 Å². The first-order chi connectivity index (χ1) is 19.1. The highest BCUT2D eigenvalue weighted by molar-refractivity contribution is 7.95. The van der Waals surface area contributed by atoms with Crippen molar-refractivity contribution in [3.05, 3.63) is 53.1 Å². The van der Waals surface area contributed by atoms with Crippen LogP contribution in [0.1, 0.15) is 38.2 Å². The third kappa shape index (κ3) is 5.77. The zero-order valence-electron chi connectivity index (χ0n) is 21.8. The molecule has 3 aromatic rings. The van der Waals surface area contributed by atoms with Crippen LogP contribution in [0.2, 0.25) is 5.02 Å². The molecule has 220 valence electrons. The van der Waals surface area contributed by atoms with Crippen LogP contribution in [0, 0.1) is 5.82 Å².